The highest BCUT2D eigenvalue weighted by Crippen LogP contribution is 2.23. The summed E-state index contributed by atoms with van der Waals surface area (Å²) in [6, 6.07) is 8.72. The van der Waals surface area contributed by atoms with Crippen molar-refractivity contribution in [3.63, 3.8) is 0 Å². The van der Waals surface area contributed by atoms with Gasteiger partial charge in [0, 0.05) is 30.1 Å². The average Bonchev–Trinajstić information content (AvgIpc) is 3.20. The maximum atomic E-state index is 14.9. The minimum Gasteiger partial charge on any atom is -0.477 e. The zero-order valence-electron chi connectivity index (χ0n) is 16.7. The van der Waals surface area contributed by atoms with Gasteiger partial charge in [-0.1, -0.05) is 25.1 Å². The van der Waals surface area contributed by atoms with Crippen LogP contribution in [0.1, 0.15) is 29.3 Å². The molecule has 0 bridgehead atoms. The van der Waals surface area contributed by atoms with E-state index in [-0.39, 0.29) is 23.0 Å². The quantitative estimate of drug-likeness (QED) is 0.502. The maximum Gasteiger partial charge on any atom is 0.341 e. The Balaban J connectivity index is 1.75. The van der Waals surface area contributed by atoms with Crippen LogP contribution in [0, 0.1) is 11.6 Å². The largest absolute Gasteiger partial charge is 0.477 e. The second-order valence-corrected chi connectivity index (χ2v) is 7.24. The topological polar surface area (TPSA) is 77.1 Å². The Morgan fingerprint density at radius 2 is 1.90 bits per heavy atom. The SMILES string of the molecule is CCCn1cc(-c2ccc(Cn3cc(C(=O)O)c(=O)c4c(F)cccc43)c(F)c2)cn1. The van der Waals surface area contributed by atoms with E-state index in [9.17, 15) is 23.5 Å². The molecule has 0 saturated carbocycles. The molecule has 0 spiro atoms. The summed E-state index contributed by atoms with van der Waals surface area (Å²) in [5.41, 5.74) is 0.429. The summed E-state index contributed by atoms with van der Waals surface area (Å²) in [5.74, 6) is -2.79. The highest BCUT2D eigenvalue weighted by atomic mass is 19.1. The molecule has 2 aromatic carbocycles. The highest BCUT2D eigenvalue weighted by Gasteiger charge is 2.18. The minimum absolute atomic E-state index is 0.0677. The molecule has 0 fully saturated rings. The molecule has 0 atom stereocenters. The van der Waals surface area contributed by atoms with Crippen molar-refractivity contribution in [2.24, 2.45) is 0 Å². The number of aromatic carboxylic acids is 1. The van der Waals surface area contributed by atoms with Crippen LogP contribution >= 0.6 is 0 Å². The van der Waals surface area contributed by atoms with E-state index in [4.69, 9.17) is 0 Å². The molecule has 0 aliphatic carbocycles. The number of halogens is 2. The van der Waals surface area contributed by atoms with Gasteiger partial charge in [0.25, 0.3) is 0 Å². The van der Waals surface area contributed by atoms with Gasteiger partial charge >= 0.3 is 5.97 Å². The van der Waals surface area contributed by atoms with Gasteiger partial charge in [-0.15, -0.1) is 0 Å². The summed E-state index contributed by atoms with van der Waals surface area (Å²) >= 11 is 0. The summed E-state index contributed by atoms with van der Waals surface area (Å²) in [5, 5.41) is 13.3. The lowest BCUT2D eigenvalue weighted by Gasteiger charge is -2.14. The number of pyridine rings is 1. The number of hydrogen-bond acceptors (Lipinski definition) is 3. The first kappa shape index (κ1) is 20.5. The molecular weight excluding hydrogens is 404 g/mol. The number of carbonyl (C=O) groups is 1. The lowest BCUT2D eigenvalue weighted by atomic mass is 10.1. The van der Waals surface area contributed by atoms with Crippen molar-refractivity contribution in [3.8, 4) is 11.1 Å². The number of rotatable bonds is 6. The normalized spacial score (nSPS) is 11.2. The van der Waals surface area contributed by atoms with Crippen molar-refractivity contribution < 1.29 is 18.7 Å². The molecule has 31 heavy (non-hydrogen) atoms. The van der Waals surface area contributed by atoms with Gasteiger partial charge in [0.1, 0.15) is 17.2 Å². The van der Waals surface area contributed by atoms with Gasteiger partial charge in [0.05, 0.1) is 23.6 Å². The molecule has 0 radical (unpaired) electrons. The average molecular weight is 423 g/mol. The molecule has 0 aliphatic rings. The molecule has 158 valence electrons. The van der Waals surface area contributed by atoms with Crippen molar-refractivity contribution in [2.75, 3.05) is 0 Å². The lowest BCUT2D eigenvalue weighted by molar-refractivity contribution is 0.0695. The van der Waals surface area contributed by atoms with Crippen LogP contribution in [-0.2, 0) is 13.1 Å². The monoisotopic (exact) mass is 423 g/mol. The van der Waals surface area contributed by atoms with Crippen molar-refractivity contribution in [3.05, 3.63) is 88.0 Å². The number of aromatic nitrogens is 3. The first-order valence-corrected chi connectivity index (χ1v) is 9.75. The summed E-state index contributed by atoms with van der Waals surface area (Å²) in [6.07, 6.45) is 5.56. The molecule has 2 heterocycles. The van der Waals surface area contributed by atoms with Gasteiger partial charge in [-0.05, 0) is 30.2 Å². The van der Waals surface area contributed by atoms with Gasteiger partial charge in [0.2, 0.25) is 5.43 Å². The Bertz CT molecular complexity index is 1360. The first-order chi connectivity index (χ1) is 14.9. The number of carboxylic acids is 1. The van der Waals surface area contributed by atoms with Crippen molar-refractivity contribution in [2.45, 2.75) is 26.4 Å². The lowest BCUT2D eigenvalue weighted by Crippen LogP contribution is -2.20. The van der Waals surface area contributed by atoms with Gasteiger partial charge in [-0.3, -0.25) is 9.48 Å². The molecule has 0 unspecified atom stereocenters. The fourth-order valence-corrected chi connectivity index (χ4v) is 3.58. The van der Waals surface area contributed by atoms with Gasteiger partial charge in [-0.25, -0.2) is 13.6 Å². The Morgan fingerprint density at radius 1 is 1.10 bits per heavy atom. The number of hydrogen-bond donors (Lipinski definition) is 1. The van der Waals surface area contributed by atoms with Crippen LogP contribution in [0.5, 0.6) is 0 Å². The molecule has 2 aromatic heterocycles. The molecule has 6 nitrogen and oxygen atoms in total. The van der Waals surface area contributed by atoms with E-state index >= 15 is 0 Å². The van der Waals surface area contributed by atoms with Crippen LogP contribution in [0.25, 0.3) is 22.0 Å². The van der Waals surface area contributed by atoms with Crippen LogP contribution in [0.15, 0.2) is 59.8 Å². The van der Waals surface area contributed by atoms with Crippen molar-refractivity contribution in [1.82, 2.24) is 14.3 Å². The standard InChI is InChI=1S/C23H19F2N3O3/c1-2-8-28-12-16(10-26-28)14-6-7-15(19(25)9-14)11-27-13-17(23(30)31)22(29)21-18(24)4-3-5-20(21)27/h3-7,9-10,12-13H,2,8,11H2,1H3,(H,30,31). The summed E-state index contributed by atoms with van der Waals surface area (Å²) in [6.45, 7) is 2.74. The van der Waals surface area contributed by atoms with E-state index in [0.29, 0.717) is 5.56 Å². The second-order valence-electron chi connectivity index (χ2n) is 7.24. The molecule has 0 aliphatic heterocycles. The number of nitrogens with zero attached hydrogens (tertiary/aromatic N) is 3. The van der Waals surface area contributed by atoms with E-state index in [1.54, 1.807) is 23.0 Å². The van der Waals surface area contributed by atoms with Gasteiger partial charge < -0.3 is 9.67 Å². The number of carboxylic acid groups (broad SMARTS) is 1. The number of fused-ring (bicyclic) bond motifs is 1. The van der Waals surface area contributed by atoms with E-state index in [2.05, 4.69) is 5.10 Å². The zero-order chi connectivity index (χ0) is 22.1. The van der Waals surface area contributed by atoms with E-state index in [1.165, 1.54) is 22.8 Å². The van der Waals surface area contributed by atoms with Crippen molar-refractivity contribution in [1.29, 1.82) is 0 Å². The molecule has 8 heteroatoms. The third-order valence-corrected chi connectivity index (χ3v) is 5.10. The molecule has 0 amide bonds. The van der Waals surface area contributed by atoms with Crippen LogP contribution in [0.2, 0.25) is 0 Å². The number of benzene rings is 2. The summed E-state index contributed by atoms with van der Waals surface area (Å²) in [7, 11) is 0. The Labute approximate surface area is 176 Å². The maximum absolute atomic E-state index is 14.9. The van der Waals surface area contributed by atoms with Crippen LogP contribution < -0.4 is 5.43 Å². The van der Waals surface area contributed by atoms with E-state index < -0.39 is 28.6 Å². The van der Waals surface area contributed by atoms with Gasteiger partial charge in [0.15, 0.2) is 0 Å². The number of aryl methyl sites for hydroxylation is 1. The Kier molecular flexibility index (Phi) is 5.37. The van der Waals surface area contributed by atoms with Crippen LogP contribution in [-0.4, -0.2) is 25.4 Å². The second kappa shape index (κ2) is 8.14. The fourth-order valence-electron chi connectivity index (χ4n) is 3.58. The molecular formula is C23H19F2N3O3. The van der Waals surface area contributed by atoms with E-state index in [1.807, 2.05) is 13.1 Å². The Morgan fingerprint density at radius 3 is 2.61 bits per heavy atom. The molecule has 4 rings (SSSR count). The first-order valence-electron chi connectivity index (χ1n) is 9.75. The van der Waals surface area contributed by atoms with Crippen molar-refractivity contribution >= 4 is 16.9 Å². The zero-order valence-corrected chi connectivity index (χ0v) is 16.7. The fraction of sp³-hybridized carbons (Fsp3) is 0.174. The predicted molar refractivity (Wildman–Crippen MR) is 112 cm³/mol. The van der Waals surface area contributed by atoms with Crippen LogP contribution in [0.3, 0.4) is 0 Å². The molecule has 0 saturated heterocycles. The predicted octanol–water partition coefficient (Wildman–Crippen LogP) is 4.30. The molecule has 1 N–H and O–H groups in total. The van der Waals surface area contributed by atoms with Gasteiger partial charge in [-0.2, -0.15) is 5.10 Å². The van der Waals surface area contributed by atoms with E-state index in [0.717, 1.165) is 30.8 Å². The summed E-state index contributed by atoms with van der Waals surface area (Å²) < 4.78 is 32.4. The summed E-state index contributed by atoms with van der Waals surface area (Å²) in [4.78, 5) is 23.9. The Hall–Kier alpha value is -3.81. The van der Waals surface area contributed by atoms with Crippen LogP contribution in [0.4, 0.5) is 8.78 Å². The molecule has 4 aromatic rings. The highest BCUT2D eigenvalue weighted by molar-refractivity contribution is 5.92. The third-order valence-electron chi connectivity index (χ3n) is 5.10. The smallest absolute Gasteiger partial charge is 0.341 e. The minimum atomic E-state index is -1.47. The third kappa shape index (κ3) is 3.84.